The summed E-state index contributed by atoms with van der Waals surface area (Å²) in [5.41, 5.74) is 0.846. The van der Waals surface area contributed by atoms with E-state index in [-0.39, 0.29) is 0 Å². The normalized spacial score (nSPS) is 10.5. The number of alkyl halides is 1. The molecule has 0 saturated carbocycles. The minimum absolute atomic E-state index is 0.417. The van der Waals surface area contributed by atoms with Crippen molar-refractivity contribution in [2.75, 3.05) is 26.9 Å². The number of halogens is 1. The minimum atomic E-state index is 0.417. The Balaban J connectivity index is 2.24. The predicted octanol–water partition coefficient (Wildman–Crippen LogP) is 1.42. The Morgan fingerprint density at radius 2 is 2.20 bits per heavy atom. The fourth-order valence-corrected chi connectivity index (χ4v) is 1.19. The summed E-state index contributed by atoms with van der Waals surface area (Å²) >= 11 is 5.66. The number of ether oxygens (including phenoxy) is 2. The van der Waals surface area contributed by atoms with E-state index in [9.17, 15) is 0 Å². The molecule has 0 N–H and O–H groups in total. The maximum atomic E-state index is 5.66. The van der Waals surface area contributed by atoms with Gasteiger partial charge in [0, 0.05) is 19.7 Å². The highest BCUT2D eigenvalue weighted by molar-refractivity contribution is 6.16. The van der Waals surface area contributed by atoms with Gasteiger partial charge in [0.1, 0.15) is 5.82 Å². The molecule has 0 amide bonds. The Morgan fingerprint density at radius 1 is 1.33 bits per heavy atom. The van der Waals surface area contributed by atoms with Gasteiger partial charge in [0.25, 0.3) is 0 Å². The smallest absolute Gasteiger partial charge is 0.130 e. The zero-order chi connectivity index (χ0) is 10.9. The number of hydrogen-bond donors (Lipinski definition) is 0. The largest absolute Gasteiger partial charge is 0.382 e. The van der Waals surface area contributed by atoms with Crippen LogP contribution < -0.4 is 0 Å². The van der Waals surface area contributed by atoms with Crippen molar-refractivity contribution < 1.29 is 9.47 Å². The van der Waals surface area contributed by atoms with Gasteiger partial charge in [-0.15, -0.1) is 11.6 Å². The molecule has 0 saturated heterocycles. The van der Waals surface area contributed by atoms with E-state index in [1.54, 1.807) is 13.3 Å². The maximum Gasteiger partial charge on any atom is 0.130 e. The average molecular weight is 231 g/mol. The van der Waals surface area contributed by atoms with Crippen LogP contribution in [0.15, 0.2) is 12.3 Å². The zero-order valence-electron chi connectivity index (χ0n) is 8.78. The van der Waals surface area contributed by atoms with Crippen molar-refractivity contribution in [3.63, 3.8) is 0 Å². The molecular formula is C10H15ClN2O2. The first-order chi connectivity index (χ1) is 7.36. The second kappa shape index (κ2) is 7.56. The molecule has 0 spiro atoms. The molecule has 0 aromatic carbocycles. The molecule has 0 unspecified atom stereocenters. The molecule has 5 heteroatoms. The Hall–Kier alpha value is -0.710. The third-order valence-electron chi connectivity index (χ3n) is 1.80. The summed E-state index contributed by atoms with van der Waals surface area (Å²) in [5.74, 6) is 1.19. The molecular weight excluding hydrogens is 216 g/mol. The summed E-state index contributed by atoms with van der Waals surface area (Å²) in [5, 5.41) is 0. The van der Waals surface area contributed by atoms with Crippen LogP contribution in [0.1, 0.15) is 11.5 Å². The van der Waals surface area contributed by atoms with Gasteiger partial charge in [-0.05, 0) is 6.07 Å². The number of methoxy groups -OCH3 is 1. The van der Waals surface area contributed by atoms with Gasteiger partial charge in [0.15, 0.2) is 0 Å². The molecule has 84 valence electrons. The van der Waals surface area contributed by atoms with Crippen LogP contribution in [0, 0.1) is 0 Å². The summed E-state index contributed by atoms with van der Waals surface area (Å²) in [6.45, 7) is 1.82. The Morgan fingerprint density at radius 3 is 2.93 bits per heavy atom. The maximum absolute atomic E-state index is 5.66. The average Bonchev–Trinajstić information content (AvgIpc) is 2.29. The lowest BCUT2D eigenvalue weighted by Crippen LogP contribution is -2.07. The first kappa shape index (κ1) is 12.4. The van der Waals surface area contributed by atoms with E-state index >= 15 is 0 Å². The summed E-state index contributed by atoms with van der Waals surface area (Å²) in [7, 11) is 1.65. The first-order valence-corrected chi connectivity index (χ1v) is 5.33. The van der Waals surface area contributed by atoms with Crippen LogP contribution in [0.4, 0.5) is 0 Å². The lowest BCUT2D eigenvalue weighted by Gasteiger charge is -2.03. The van der Waals surface area contributed by atoms with Gasteiger partial charge in [0.2, 0.25) is 0 Å². The lowest BCUT2D eigenvalue weighted by molar-refractivity contribution is 0.0716. The van der Waals surface area contributed by atoms with Gasteiger partial charge in [0.05, 0.1) is 31.4 Å². The lowest BCUT2D eigenvalue weighted by atomic mass is 10.4. The van der Waals surface area contributed by atoms with Crippen molar-refractivity contribution in [1.29, 1.82) is 0 Å². The Bertz CT molecular complexity index is 284. The van der Waals surface area contributed by atoms with Crippen LogP contribution >= 0.6 is 11.6 Å². The summed E-state index contributed by atoms with van der Waals surface area (Å²) in [4.78, 5) is 8.38. The van der Waals surface area contributed by atoms with E-state index < -0.39 is 0 Å². The van der Waals surface area contributed by atoms with Gasteiger partial charge in [-0.25, -0.2) is 9.97 Å². The SMILES string of the molecule is COCCOCCc1nccc(CCl)n1. The molecule has 0 radical (unpaired) electrons. The van der Waals surface area contributed by atoms with Gasteiger partial charge in [-0.2, -0.15) is 0 Å². The van der Waals surface area contributed by atoms with Gasteiger partial charge in [-0.1, -0.05) is 0 Å². The Labute approximate surface area is 94.6 Å². The van der Waals surface area contributed by atoms with E-state index in [0.717, 1.165) is 11.5 Å². The molecule has 0 aliphatic rings. The zero-order valence-corrected chi connectivity index (χ0v) is 9.54. The molecule has 1 aromatic rings. The number of aromatic nitrogens is 2. The van der Waals surface area contributed by atoms with E-state index in [1.165, 1.54) is 0 Å². The highest BCUT2D eigenvalue weighted by Gasteiger charge is 1.98. The third-order valence-corrected chi connectivity index (χ3v) is 2.08. The highest BCUT2D eigenvalue weighted by Crippen LogP contribution is 2.00. The van der Waals surface area contributed by atoms with E-state index in [2.05, 4.69) is 9.97 Å². The molecule has 0 aliphatic carbocycles. The monoisotopic (exact) mass is 230 g/mol. The fraction of sp³-hybridized carbons (Fsp3) is 0.600. The van der Waals surface area contributed by atoms with Crippen molar-refractivity contribution in [2.45, 2.75) is 12.3 Å². The summed E-state index contributed by atoms with van der Waals surface area (Å²) in [6.07, 6.45) is 2.42. The second-order valence-corrected chi connectivity index (χ2v) is 3.22. The van der Waals surface area contributed by atoms with Crippen LogP contribution in [0.25, 0.3) is 0 Å². The second-order valence-electron chi connectivity index (χ2n) is 2.95. The quantitative estimate of drug-likeness (QED) is 0.525. The third kappa shape index (κ3) is 5.06. The molecule has 0 aliphatic heterocycles. The van der Waals surface area contributed by atoms with Crippen molar-refractivity contribution in [3.8, 4) is 0 Å². The van der Waals surface area contributed by atoms with Crippen molar-refractivity contribution in [3.05, 3.63) is 23.8 Å². The number of nitrogens with zero attached hydrogens (tertiary/aromatic N) is 2. The Kier molecular flexibility index (Phi) is 6.23. The molecule has 15 heavy (non-hydrogen) atoms. The molecule has 4 nitrogen and oxygen atoms in total. The highest BCUT2D eigenvalue weighted by atomic mass is 35.5. The number of hydrogen-bond acceptors (Lipinski definition) is 4. The van der Waals surface area contributed by atoms with Crippen LogP contribution in [-0.4, -0.2) is 36.9 Å². The van der Waals surface area contributed by atoms with Gasteiger partial charge < -0.3 is 9.47 Å². The fourth-order valence-electron chi connectivity index (χ4n) is 1.04. The van der Waals surface area contributed by atoms with Crippen LogP contribution in [-0.2, 0) is 21.8 Å². The van der Waals surface area contributed by atoms with Crippen LogP contribution in [0.2, 0.25) is 0 Å². The molecule has 0 bridgehead atoms. The van der Waals surface area contributed by atoms with Crippen molar-refractivity contribution in [2.24, 2.45) is 0 Å². The molecule has 1 heterocycles. The number of rotatable bonds is 7. The van der Waals surface area contributed by atoms with E-state index in [4.69, 9.17) is 21.1 Å². The molecule has 0 fully saturated rings. The summed E-state index contributed by atoms with van der Waals surface area (Å²) in [6, 6.07) is 1.81. The van der Waals surface area contributed by atoms with Gasteiger partial charge >= 0.3 is 0 Å². The topological polar surface area (TPSA) is 44.2 Å². The van der Waals surface area contributed by atoms with E-state index in [0.29, 0.717) is 32.1 Å². The minimum Gasteiger partial charge on any atom is -0.382 e. The van der Waals surface area contributed by atoms with Crippen LogP contribution in [0.5, 0.6) is 0 Å². The first-order valence-electron chi connectivity index (χ1n) is 4.80. The van der Waals surface area contributed by atoms with Crippen LogP contribution in [0.3, 0.4) is 0 Å². The molecule has 1 rings (SSSR count). The van der Waals surface area contributed by atoms with Crippen molar-refractivity contribution >= 4 is 11.6 Å². The van der Waals surface area contributed by atoms with Gasteiger partial charge in [-0.3, -0.25) is 0 Å². The predicted molar refractivity (Wildman–Crippen MR) is 58.0 cm³/mol. The molecule has 0 atom stereocenters. The van der Waals surface area contributed by atoms with E-state index in [1.807, 2.05) is 6.07 Å². The summed E-state index contributed by atoms with van der Waals surface area (Å²) < 4.78 is 10.2. The standard InChI is InChI=1S/C10H15ClN2O2/c1-14-6-7-15-5-3-10-12-4-2-9(8-11)13-10/h2,4H,3,5-8H2,1H3. The van der Waals surface area contributed by atoms with Crippen molar-refractivity contribution in [1.82, 2.24) is 9.97 Å². The molecule has 1 aromatic heterocycles.